The molecular formula is C27H24F2N4O4. The molecule has 5 rings (SSSR count). The monoisotopic (exact) mass is 506 g/mol. The van der Waals surface area contributed by atoms with Crippen molar-refractivity contribution in [1.82, 2.24) is 15.3 Å². The third kappa shape index (κ3) is 4.29. The normalized spacial score (nSPS) is 18.2. The Labute approximate surface area is 210 Å². The summed E-state index contributed by atoms with van der Waals surface area (Å²) in [5.41, 5.74) is 4.89. The largest absolute Gasteiger partial charge is 0.489 e. The van der Waals surface area contributed by atoms with Crippen LogP contribution in [0.1, 0.15) is 35.6 Å². The van der Waals surface area contributed by atoms with Gasteiger partial charge in [-0.2, -0.15) is 0 Å². The maximum absolute atomic E-state index is 13.6. The molecule has 5 N–H and O–H groups in total. The summed E-state index contributed by atoms with van der Waals surface area (Å²) < 4.78 is 32.9. The number of hydrogen-bond donors (Lipinski definition) is 4. The number of aromatic amines is 1. The number of amides is 2. The van der Waals surface area contributed by atoms with Crippen LogP contribution in [-0.4, -0.2) is 40.0 Å². The van der Waals surface area contributed by atoms with Gasteiger partial charge in [-0.25, -0.2) is 13.8 Å². The van der Waals surface area contributed by atoms with Crippen molar-refractivity contribution < 1.29 is 28.2 Å². The molecule has 1 aliphatic heterocycles. The van der Waals surface area contributed by atoms with Gasteiger partial charge >= 0.3 is 0 Å². The van der Waals surface area contributed by atoms with Crippen LogP contribution in [0.5, 0.6) is 5.75 Å². The zero-order chi connectivity index (χ0) is 26.5. The molecule has 0 spiro atoms. The van der Waals surface area contributed by atoms with Crippen molar-refractivity contribution in [2.75, 3.05) is 13.2 Å². The summed E-state index contributed by atoms with van der Waals surface area (Å²) in [7, 11) is 0. The van der Waals surface area contributed by atoms with Crippen LogP contribution in [0.4, 0.5) is 8.78 Å². The Morgan fingerprint density at radius 1 is 1.16 bits per heavy atom. The lowest BCUT2D eigenvalue weighted by molar-refractivity contribution is -0.123. The summed E-state index contributed by atoms with van der Waals surface area (Å²) in [6.45, 7) is 2.85. The zero-order valence-corrected chi connectivity index (χ0v) is 20.1. The number of nitrogens with zero attached hydrogens (tertiary/aromatic N) is 1. The molecule has 2 atom stereocenters. The number of aliphatic hydroxyl groups is 1. The molecule has 0 bridgehead atoms. The molecule has 2 amide bonds. The number of aromatic nitrogens is 2. The van der Waals surface area contributed by atoms with Gasteiger partial charge in [0, 0.05) is 22.0 Å². The van der Waals surface area contributed by atoms with Crippen molar-refractivity contribution in [3.63, 3.8) is 0 Å². The fraction of sp³-hybridized carbons (Fsp3) is 0.222. The summed E-state index contributed by atoms with van der Waals surface area (Å²) in [6, 6.07) is 12.8. The number of fused-ring (bicyclic) bond motifs is 2. The van der Waals surface area contributed by atoms with Gasteiger partial charge in [-0.1, -0.05) is 0 Å². The third-order valence-electron chi connectivity index (χ3n) is 6.71. The Bertz CT molecular complexity index is 1550. The van der Waals surface area contributed by atoms with Crippen LogP contribution in [0.3, 0.4) is 0 Å². The Morgan fingerprint density at radius 2 is 1.86 bits per heavy atom. The van der Waals surface area contributed by atoms with Crippen LogP contribution in [0, 0.1) is 11.6 Å². The van der Waals surface area contributed by atoms with Gasteiger partial charge in [-0.3, -0.25) is 9.59 Å². The van der Waals surface area contributed by atoms with Gasteiger partial charge in [0.15, 0.2) is 0 Å². The van der Waals surface area contributed by atoms with Gasteiger partial charge in [-0.05, 0) is 68.4 Å². The SMILES string of the molecule is C[C@](O)(CNC(=O)c1cc2ccc(F)cc2[nH]1)c1cc2c(c(-c3ccc(F)cc3)n1)OC[C@]2(C)C(N)=O. The number of benzene rings is 2. The first-order valence-electron chi connectivity index (χ1n) is 11.5. The smallest absolute Gasteiger partial charge is 0.267 e. The maximum Gasteiger partial charge on any atom is 0.267 e. The number of ether oxygens (including phenoxy) is 1. The third-order valence-corrected chi connectivity index (χ3v) is 6.71. The number of primary amides is 1. The van der Waals surface area contributed by atoms with Crippen molar-refractivity contribution in [1.29, 1.82) is 0 Å². The van der Waals surface area contributed by atoms with Gasteiger partial charge in [0.2, 0.25) is 5.91 Å². The van der Waals surface area contributed by atoms with Crippen LogP contribution in [0.25, 0.3) is 22.2 Å². The van der Waals surface area contributed by atoms with E-state index < -0.39 is 34.5 Å². The van der Waals surface area contributed by atoms with Gasteiger partial charge < -0.3 is 25.9 Å². The molecule has 1 aliphatic rings. The maximum atomic E-state index is 13.6. The molecular weight excluding hydrogens is 482 g/mol. The van der Waals surface area contributed by atoms with Crippen LogP contribution >= 0.6 is 0 Å². The van der Waals surface area contributed by atoms with Crippen LogP contribution in [-0.2, 0) is 15.8 Å². The van der Waals surface area contributed by atoms with Crippen molar-refractivity contribution >= 4 is 22.7 Å². The van der Waals surface area contributed by atoms with Gasteiger partial charge in [0.1, 0.15) is 46.4 Å². The number of pyridine rings is 1. The topological polar surface area (TPSA) is 130 Å². The number of hydrogen-bond acceptors (Lipinski definition) is 5. The highest BCUT2D eigenvalue weighted by molar-refractivity contribution is 5.98. The van der Waals surface area contributed by atoms with E-state index in [1.54, 1.807) is 19.1 Å². The molecule has 0 saturated heterocycles. The highest BCUT2D eigenvalue weighted by Crippen LogP contribution is 2.45. The Balaban J connectivity index is 1.49. The predicted octanol–water partition coefficient (Wildman–Crippen LogP) is 3.28. The van der Waals surface area contributed by atoms with E-state index in [-0.39, 0.29) is 24.5 Å². The van der Waals surface area contributed by atoms with Crippen LogP contribution in [0.15, 0.2) is 54.6 Å². The second-order valence-corrected chi connectivity index (χ2v) is 9.60. The van der Waals surface area contributed by atoms with Crippen molar-refractivity contribution in [3.8, 4) is 17.0 Å². The summed E-state index contributed by atoms with van der Waals surface area (Å²) in [5, 5.41) is 14.7. The van der Waals surface area contributed by atoms with E-state index in [9.17, 15) is 23.5 Å². The molecule has 0 saturated carbocycles. The lowest BCUT2D eigenvalue weighted by Gasteiger charge is -2.26. The molecule has 0 aliphatic carbocycles. The van der Waals surface area contributed by atoms with Gasteiger partial charge in [0.05, 0.1) is 12.2 Å². The average molecular weight is 507 g/mol. The lowest BCUT2D eigenvalue weighted by atomic mass is 9.82. The fourth-order valence-corrected chi connectivity index (χ4v) is 4.33. The van der Waals surface area contributed by atoms with E-state index in [0.29, 0.717) is 33.5 Å². The average Bonchev–Trinajstić information content (AvgIpc) is 3.44. The number of nitrogens with one attached hydrogen (secondary N) is 2. The highest BCUT2D eigenvalue weighted by atomic mass is 19.1. The molecule has 8 nitrogen and oxygen atoms in total. The summed E-state index contributed by atoms with van der Waals surface area (Å²) >= 11 is 0. The molecule has 2 aromatic carbocycles. The van der Waals surface area contributed by atoms with Crippen molar-refractivity contribution in [3.05, 3.63) is 83.2 Å². The molecule has 10 heteroatoms. The predicted molar refractivity (Wildman–Crippen MR) is 132 cm³/mol. The number of H-pyrrole nitrogens is 1. The zero-order valence-electron chi connectivity index (χ0n) is 20.1. The van der Waals surface area contributed by atoms with Crippen molar-refractivity contribution in [2.45, 2.75) is 24.9 Å². The summed E-state index contributed by atoms with van der Waals surface area (Å²) in [4.78, 5) is 32.6. The first kappa shape index (κ1) is 24.4. The molecule has 0 fully saturated rings. The summed E-state index contributed by atoms with van der Waals surface area (Å²) in [6.07, 6.45) is 0. The standard InChI is InChI=1S/C27H24F2N4O4/c1-26(25(30)35)13-37-23-18(26)11-21(33-22(23)14-3-6-16(28)7-4-14)27(2,36)12-31-24(34)20-9-15-5-8-17(29)10-19(15)32-20/h3-11,32,36H,12-13H2,1-2H3,(H2,30,35)(H,31,34)/t26-,27-/m0/s1. The second-order valence-electron chi connectivity index (χ2n) is 9.60. The molecule has 3 heterocycles. The molecule has 0 radical (unpaired) electrons. The molecule has 0 unspecified atom stereocenters. The molecule has 2 aromatic heterocycles. The minimum Gasteiger partial charge on any atom is -0.489 e. The Hall–Kier alpha value is -4.31. The quantitative estimate of drug-likeness (QED) is 0.319. The number of nitrogens with two attached hydrogens (primary N) is 1. The van der Waals surface area contributed by atoms with Gasteiger partial charge in [0.25, 0.3) is 5.91 Å². The minimum absolute atomic E-state index is 0.0170. The molecule has 190 valence electrons. The number of carbonyl (C=O) groups excluding carboxylic acids is 2. The lowest BCUT2D eigenvalue weighted by Crippen LogP contribution is -2.41. The van der Waals surface area contributed by atoms with E-state index in [1.165, 1.54) is 49.4 Å². The van der Waals surface area contributed by atoms with Crippen LogP contribution < -0.4 is 15.8 Å². The van der Waals surface area contributed by atoms with E-state index >= 15 is 0 Å². The molecule has 37 heavy (non-hydrogen) atoms. The Kier molecular flexibility index (Phi) is 5.71. The van der Waals surface area contributed by atoms with Crippen molar-refractivity contribution in [2.24, 2.45) is 5.73 Å². The minimum atomic E-state index is -1.68. The Morgan fingerprint density at radius 3 is 2.57 bits per heavy atom. The highest BCUT2D eigenvalue weighted by Gasteiger charge is 2.45. The molecule has 4 aromatic rings. The number of halogens is 2. The van der Waals surface area contributed by atoms with Gasteiger partial charge in [-0.15, -0.1) is 0 Å². The van der Waals surface area contributed by atoms with E-state index in [2.05, 4.69) is 15.3 Å². The van der Waals surface area contributed by atoms with E-state index in [4.69, 9.17) is 10.5 Å². The van der Waals surface area contributed by atoms with E-state index in [0.717, 1.165) is 0 Å². The first-order valence-corrected chi connectivity index (χ1v) is 11.5. The first-order chi connectivity index (χ1) is 17.5. The number of rotatable bonds is 6. The second kappa shape index (κ2) is 8.67. The summed E-state index contributed by atoms with van der Waals surface area (Å²) in [5.74, 6) is -1.68. The fourth-order valence-electron chi connectivity index (χ4n) is 4.33. The van der Waals surface area contributed by atoms with E-state index in [1.807, 2.05) is 0 Å². The number of carbonyl (C=O) groups is 2. The van der Waals surface area contributed by atoms with Crippen LogP contribution in [0.2, 0.25) is 0 Å².